The molecule has 1 spiro atoms. The van der Waals surface area contributed by atoms with E-state index in [1.807, 2.05) is 19.9 Å². The van der Waals surface area contributed by atoms with Gasteiger partial charge in [0.25, 0.3) is 5.91 Å². The molecule has 0 unspecified atom stereocenters. The number of nitrogens with zero attached hydrogens (tertiary/aromatic N) is 1. The Balaban J connectivity index is 1.76. The standard InChI is InChI=1S/C19H25N3O4/c1-12(2)20-17(24)13(3)22-11-10-19(9-8-16(22)23)21-18(25)14-6-4-5-7-15(14)26-19/h4-7,12-13H,8-11H2,1-3H3,(H,20,24)(H,21,25)/t13-,19-/m1/s1. The minimum absolute atomic E-state index is 0.0100. The number of ether oxygens (including phenoxy) is 1. The fourth-order valence-corrected chi connectivity index (χ4v) is 3.44. The molecule has 0 saturated carbocycles. The molecule has 2 aliphatic heterocycles. The fraction of sp³-hybridized carbons (Fsp3) is 0.526. The van der Waals surface area contributed by atoms with E-state index in [4.69, 9.17) is 4.74 Å². The van der Waals surface area contributed by atoms with Gasteiger partial charge in [0.2, 0.25) is 11.8 Å². The summed E-state index contributed by atoms with van der Waals surface area (Å²) in [6.45, 7) is 5.83. The molecule has 3 rings (SSSR count). The van der Waals surface area contributed by atoms with Gasteiger partial charge < -0.3 is 20.3 Å². The van der Waals surface area contributed by atoms with Gasteiger partial charge in [0.05, 0.1) is 5.56 Å². The van der Waals surface area contributed by atoms with E-state index < -0.39 is 11.8 Å². The van der Waals surface area contributed by atoms with E-state index in [0.717, 1.165) is 0 Å². The van der Waals surface area contributed by atoms with Crippen LogP contribution in [0, 0.1) is 0 Å². The van der Waals surface area contributed by atoms with E-state index in [1.165, 1.54) is 0 Å². The first-order valence-electron chi connectivity index (χ1n) is 9.02. The van der Waals surface area contributed by atoms with Crippen LogP contribution in [0.15, 0.2) is 24.3 Å². The van der Waals surface area contributed by atoms with E-state index in [0.29, 0.717) is 30.7 Å². The van der Waals surface area contributed by atoms with E-state index in [2.05, 4.69) is 10.6 Å². The molecule has 3 amide bonds. The summed E-state index contributed by atoms with van der Waals surface area (Å²) in [6.07, 6.45) is 1.01. The number of likely N-dealkylation sites (tertiary alicyclic amines) is 1. The van der Waals surface area contributed by atoms with Crippen molar-refractivity contribution in [2.45, 2.75) is 57.8 Å². The Bertz CT molecular complexity index is 733. The van der Waals surface area contributed by atoms with Gasteiger partial charge in [-0.1, -0.05) is 12.1 Å². The number of amides is 3. The number of nitrogens with one attached hydrogen (secondary N) is 2. The highest BCUT2D eigenvalue weighted by Gasteiger charge is 2.43. The molecule has 7 heteroatoms. The largest absolute Gasteiger partial charge is 0.467 e. The van der Waals surface area contributed by atoms with E-state index in [9.17, 15) is 14.4 Å². The molecular weight excluding hydrogens is 334 g/mol. The lowest BCUT2D eigenvalue weighted by molar-refractivity contribution is -0.139. The molecule has 2 N–H and O–H groups in total. The molecule has 0 aliphatic carbocycles. The van der Waals surface area contributed by atoms with E-state index in [-0.39, 0.29) is 30.2 Å². The van der Waals surface area contributed by atoms with Gasteiger partial charge in [0, 0.05) is 31.8 Å². The number of fused-ring (bicyclic) bond motifs is 1. The van der Waals surface area contributed by atoms with Crippen molar-refractivity contribution in [3.05, 3.63) is 29.8 Å². The van der Waals surface area contributed by atoms with Gasteiger partial charge in [-0.05, 0) is 32.9 Å². The molecule has 0 aromatic heterocycles. The fourth-order valence-electron chi connectivity index (χ4n) is 3.44. The third-order valence-corrected chi connectivity index (χ3v) is 4.88. The first-order chi connectivity index (χ1) is 12.3. The van der Waals surface area contributed by atoms with Crippen molar-refractivity contribution in [1.29, 1.82) is 0 Å². The maximum atomic E-state index is 12.6. The first-order valence-corrected chi connectivity index (χ1v) is 9.02. The Kier molecular flexibility index (Phi) is 4.89. The second kappa shape index (κ2) is 6.97. The molecule has 0 bridgehead atoms. The highest BCUT2D eigenvalue weighted by atomic mass is 16.5. The lowest BCUT2D eigenvalue weighted by Crippen LogP contribution is -2.56. The van der Waals surface area contributed by atoms with Crippen molar-refractivity contribution in [3.8, 4) is 5.75 Å². The quantitative estimate of drug-likeness (QED) is 0.855. The number of hydrogen-bond donors (Lipinski definition) is 2. The molecule has 1 aromatic carbocycles. The molecule has 2 heterocycles. The zero-order chi connectivity index (χ0) is 18.9. The Morgan fingerprint density at radius 1 is 1.23 bits per heavy atom. The highest BCUT2D eigenvalue weighted by molar-refractivity contribution is 5.98. The van der Waals surface area contributed by atoms with Gasteiger partial charge in [-0.15, -0.1) is 0 Å². The Hall–Kier alpha value is -2.57. The molecular formula is C19H25N3O4. The van der Waals surface area contributed by atoms with Crippen LogP contribution in [-0.2, 0) is 9.59 Å². The lowest BCUT2D eigenvalue weighted by Gasteiger charge is -2.38. The first kappa shape index (κ1) is 18.2. The van der Waals surface area contributed by atoms with Gasteiger partial charge >= 0.3 is 0 Å². The number of hydrogen-bond acceptors (Lipinski definition) is 4. The predicted octanol–water partition coefficient (Wildman–Crippen LogP) is 1.43. The number of carbonyl (C=O) groups is 3. The molecule has 1 aromatic rings. The Labute approximate surface area is 153 Å². The van der Waals surface area contributed by atoms with Gasteiger partial charge in [-0.3, -0.25) is 14.4 Å². The summed E-state index contributed by atoms with van der Waals surface area (Å²) in [4.78, 5) is 38.9. The van der Waals surface area contributed by atoms with Crippen LogP contribution in [0.1, 0.15) is 50.4 Å². The van der Waals surface area contributed by atoms with E-state index >= 15 is 0 Å². The zero-order valence-electron chi connectivity index (χ0n) is 15.4. The average molecular weight is 359 g/mol. The summed E-state index contributed by atoms with van der Waals surface area (Å²) in [5, 5.41) is 5.77. The van der Waals surface area contributed by atoms with Crippen molar-refractivity contribution in [3.63, 3.8) is 0 Å². The monoisotopic (exact) mass is 359 g/mol. The smallest absolute Gasteiger partial charge is 0.258 e. The third-order valence-electron chi connectivity index (χ3n) is 4.88. The number of carbonyl (C=O) groups excluding carboxylic acids is 3. The molecule has 1 saturated heterocycles. The van der Waals surface area contributed by atoms with Crippen molar-refractivity contribution in [2.75, 3.05) is 6.54 Å². The number of para-hydroxylation sites is 1. The topological polar surface area (TPSA) is 87.7 Å². The summed E-state index contributed by atoms with van der Waals surface area (Å²) >= 11 is 0. The van der Waals surface area contributed by atoms with Crippen molar-refractivity contribution >= 4 is 17.7 Å². The maximum Gasteiger partial charge on any atom is 0.258 e. The third kappa shape index (κ3) is 3.52. The van der Waals surface area contributed by atoms with Crippen molar-refractivity contribution in [2.24, 2.45) is 0 Å². The number of rotatable bonds is 3. The second-order valence-electron chi connectivity index (χ2n) is 7.22. The summed E-state index contributed by atoms with van der Waals surface area (Å²) in [6, 6.07) is 6.52. The van der Waals surface area contributed by atoms with Crippen LogP contribution in [0.25, 0.3) is 0 Å². The molecule has 2 atom stereocenters. The van der Waals surface area contributed by atoms with Crippen molar-refractivity contribution < 1.29 is 19.1 Å². The minimum Gasteiger partial charge on any atom is -0.467 e. The van der Waals surface area contributed by atoms with Gasteiger partial charge in [-0.2, -0.15) is 0 Å². The summed E-state index contributed by atoms with van der Waals surface area (Å²) in [7, 11) is 0. The van der Waals surface area contributed by atoms with Crippen LogP contribution in [0.3, 0.4) is 0 Å². The lowest BCUT2D eigenvalue weighted by atomic mass is 10.0. The number of benzene rings is 1. The second-order valence-corrected chi connectivity index (χ2v) is 7.22. The maximum absolute atomic E-state index is 12.6. The normalized spacial score (nSPS) is 23.8. The summed E-state index contributed by atoms with van der Waals surface area (Å²) < 4.78 is 6.10. The highest BCUT2D eigenvalue weighted by Crippen LogP contribution is 2.33. The summed E-state index contributed by atoms with van der Waals surface area (Å²) in [5.74, 6) is 0.0503. The van der Waals surface area contributed by atoms with Crippen LogP contribution in [0.4, 0.5) is 0 Å². The van der Waals surface area contributed by atoms with Gasteiger partial charge in [0.15, 0.2) is 5.72 Å². The molecule has 26 heavy (non-hydrogen) atoms. The van der Waals surface area contributed by atoms with Crippen molar-refractivity contribution in [1.82, 2.24) is 15.5 Å². The SMILES string of the molecule is CC(C)NC(=O)[C@@H](C)N1CC[C@]2(CCC1=O)NC(=O)c1ccccc1O2. The van der Waals surface area contributed by atoms with Crippen LogP contribution in [-0.4, -0.2) is 47.0 Å². The van der Waals surface area contributed by atoms with Crippen LogP contribution < -0.4 is 15.4 Å². The Morgan fingerprint density at radius 3 is 2.69 bits per heavy atom. The van der Waals surface area contributed by atoms with E-state index in [1.54, 1.807) is 30.0 Å². The predicted molar refractivity (Wildman–Crippen MR) is 95.6 cm³/mol. The van der Waals surface area contributed by atoms with Crippen LogP contribution >= 0.6 is 0 Å². The summed E-state index contributed by atoms with van der Waals surface area (Å²) in [5.41, 5.74) is -0.417. The molecule has 0 radical (unpaired) electrons. The average Bonchev–Trinajstić information content (AvgIpc) is 2.73. The Morgan fingerprint density at radius 2 is 1.96 bits per heavy atom. The molecule has 2 aliphatic rings. The van der Waals surface area contributed by atoms with Crippen LogP contribution in [0.2, 0.25) is 0 Å². The zero-order valence-corrected chi connectivity index (χ0v) is 15.4. The van der Waals surface area contributed by atoms with Crippen LogP contribution in [0.5, 0.6) is 5.75 Å². The molecule has 1 fully saturated rings. The molecule has 140 valence electrons. The minimum atomic E-state index is -0.913. The molecule has 7 nitrogen and oxygen atoms in total. The van der Waals surface area contributed by atoms with Gasteiger partial charge in [-0.25, -0.2) is 0 Å². The van der Waals surface area contributed by atoms with Gasteiger partial charge in [0.1, 0.15) is 11.8 Å².